The minimum absolute atomic E-state index is 0. The highest BCUT2D eigenvalue weighted by Crippen LogP contribution is 2.17. The number of aromatic nitrogens is 3. The normalized spacial score (nSPS) is 15.6. The molecule has 0 unspecified atom stereocenters. The van der Waals surface area contributed by atoms with Crippen LogP contribution in [0, 0.1) is 12.8 Å². The van der Waals surface area contributed by atoms with E-state index in [1.165, 1.54) is 38.5 Å². The van der Waals surface area contributed by atoms with E-state index in [4.69, 9.17) is 4.99 Å². The number of halogens is 1. The summed E-state index contributed by atoms with van der Waals surface area (Å²) in [5.74, 6) is 3.49. The van der Waals surface area contributed by atoms with Gasteiger partial charge in [0.2, 0.25) is 0 Å². The second-order valence-corrected chi connectivity index (χ2v) is 6.98. The van der Waals surface area contributed by atoms with E-state index in [9.17, 15) is 0 Å². The minimum atomic E-state index is 0. The van der Waals surface area contributed by atoms with Crippen LogP contribution in [0.25, 0.3) is 0 Å². The Kier molecular flexibility index (Phi) is 9.61. The Hall–Kier alpha value is -0.860. The lowest BCUT2D eigenvalue weighted by atomic mass is 10.1. The molecule has 0 aliphatic heterocycles. The molecule has 138 valence electrons. The van der Waals surface area contributed by atoms with Crippen molar-refractivity contribution >= 4 is 29.9 Å². The Bertz CT molecular complexity index is 505. The molecule has 0 spiro atoms. The zero-order valence-electron chi connectivity index (χ0n) is 15.5. The summed E-state index contributed by atoms with van der Waals surface area (Å²) in [6.07, 6.45) is 7.55. The summed E-state index contributed by atoms with van der Waals surface area (Å²) in [4.78, 5) is 4.72. The Balaban J connectivity index is 0.00000288. The number of aliphatic imine (C=N–C) groups is 1. The second-order valence-electron chi connectivity index (χ2n) is 6.98. The number of nitrogens with zero attached hydrogens (tertiary/aromatic N) is 4. The molecule has 1 aromatic heterocycles. The van der Waals surface area contributed by atoms with Crippen LogP contribution in [-0.4, -0.2) is 33.3 Å². The molecule has 0 atom stereocenters. The van der Waals surface area contributed by atoms with Crippen LogP contribution >= 0.6 is 24.0 Å². The van der Waals surface area contributed by atoms with Gasteiger partial charge in [-0.2, -0.15) is 0 Å². The molecule has 2 N–H and O–H groups in total. The van der Waals surface area contributed by atoms with Gasteiger partial charge in [-0.15, -0.1) is 34.2 Å². The number of hydrogen-bond acceptors (Lipinski definition) is 3. The fourth-order valence-electron chi connectivity index (χ4n) is 2.87. The summed E-state index contributed by atoms with van der Waals surface area (Å²) in [7, 11) is 1.99. The van der Waals surface area contributed by atoms with Crippen molar-refractivity contribution in [2.45, 2.75) is 71.9 Å². The maximum atomic E-state index is 4.72. The van der Waals surface area contributed by atoms with Crippen molar-refractivity contribution in [3.05, 3.63) is 11.6 Å². The van der Waals surface area contributed by atoms with Gasteiger partial charge in [0, 0.05) is 19.6 Å². The Labute approximate surface area is 163 Å². The van der Waals surface area contributed by atoms with E-state index >= 15 is 0 Å². The van der Waals surface area contributed by atoms with Crippen LogP contribution in [0.1, 0.15) is 64.0 Å². The van der Waals surface area contributed by atoms with Crippen LogP contribution in [0.3, 0.4) is 0 Å². The lowest BCUT2D eigenvalue weighted by Crippen LogP contribution is -2.42. The summed E-state index contributed by atoms with van der Waals surface area (Å²) < 4.78 is 2.00. The molecule has 1 aliphatic carbocycles. The zero-order chi connectivity index (χ0) is 16.7. The first-order valence-corrected chi connectivity index (χ1v) is 8.96. The molecule has 2 rings (SSSR count). The molecule has 0 radical (unpaired) electrons. The molecule has 7 heteroatoms. The van der Waals surface area contributed by atoms with Gasteiger partial charge in [-0.3, -0.25) is 0 Å². The summed E-state index contributed by atoms with van der Waals surface area (Å²) in [5, 5.41) is 15.3. The van der Waals surface area contributed by atoms with Crippen molar-refractivity contribution in [3.8, 4) is 0 Å². The van der Waals surface area contributed by atoms with E-state index in [2.05, 4.69) is 34.7 Å². The van der Waals surface area contributed by atoms with Crippen LogP contribution in [-0.2, 0) is 13.6 Å². The molecule has 0 aromatic carbocycles. The fraction of sp³-hybridized carbons (Fsp3) is 0.824. The average Bonchev–Trinajstić information content (AvgIpc) is 3.13. The third-order valence-corrected chi connectivity index (χ3v) is 4.51. The molecular formula is C17H33IN6. The standard InChI is InChI=1S/C17H32N6.HI/c1-13(2)8-7-11-18-17(20-15-9-5-6-10-15)19-12-16-22-21-14(3)23(16)4;/h13,15H,5-12H2,1-4H3,(H2,18,19,20);1H. The van der Waals surface area contributed by atoms with Gasteiger partial charge in [0.25, 0.3) is 0 Å². The topological polar surface area (TPSA) is 67.1 Å². The minimum Gasteiger partial charge on any atom is -0.356 e. The van der Waals surface area contributed by atoms with E-state index in [0.717, 1.165) is 30.1 Å². The maximum absolute atomic E-state index is 4.72. The largest absolute Gasteiger partial charge is 0.356 e. The third kappa shape index (κ3) is 6.94. The van der Waals surface area contributed by atoms with Gasteiger partial charge >= 0.3 is 0 Å². The molecule has 6 nitrogen and oxygen atoms in total. The highest BCUT2D eigenvalue weighted by molar-refractivity contribution is 14.0. The molecule has 1 heterocycles. The maximum Gasteiger partial charge on any atom is 0.191 e. The van der Waals surface area contributed by atoms with Crippen LogP contribution < -0.4 is 10.6 Å². The van der Waals surface area contributed by atoms with Crippen LogP contribution in [0.5, 0.6) is 0 Å². The Morgan fingerprint density at radius 2 is 2.00 bits per heavy atom. The quantitative estimate of drug-likeness (QED) is 0.291. The number of aryl methyl sites for hydroxylation is 1. The smallest absolute Gasteiger partial charge is 0.191 e. The van der Waals surface area contributed by atoms with Gasteiger partial charge in [0.05, 0.1) is 0 Å². The van der Waals surface area contributed by atoms with Gasteiger partial charge in [0.1, 0.15) is 12.4 Å². The van der Waals surface area contributed by atoms with Crippen LogP contribution in [0.4, 0.5) is 0 Å². The van der Waals surface area contributed by atoms with Crippen LogP contribution in [0.2, 0.25) is 0 Å². The predicted octanol–water partition coefficient (Wildman–Crippen LogP) is 3.16. The molecule has 0 bridgehead atoms. The number of nitrogens with one attached hydrogen (secondary N) is 2. The second kappa shape index (κ2) is 10.9. The van der Waals surface area contributed by atoms with E-state index in [-0.39, 0.29) is 24.0 Å². The van der Waals surface area contributed by atoms with E-state index in [0.29, 0.717) is 12.6 Å². The molecule has 0 amide bonds. The van der Waals surface area contributed by atoms with Gasteiger partial charge in [-0.1, -0.05) is 26.7 Å². The van der Waals surface area contributed by atoms with Crippen molar-refractivity contribution in [3.63, 3.8) is 0 Å². The first kappa shape index (κ1) is 21.2. The Morgan fingerprint density at radius 3 is 2.58 bits per heavy atom. The third-order valence-electron chi connectivity index (χ3n) is 4.51. The summed E-state index contributed by atoms with van der Waals surface area (Å²) in [6.45, 7) is 8.02. The first-order chi connectivity index (χ1) is 11.1. The molecule has 24 heavy (non-hydrogen) atoms. The van der Waals surface area contributed by atoms with E-state index < -0.39 is 0 Å². The SMILES string of the molecule is Cc1nnc(CN=C(NCCCC(C)C)NC2CCCC2)n1C.I. The number of rotatable bonds is 7. The van der Waals surface area contributed by atoms with Crippen molar-refractivity contribution in [2.75, 3.05) is 6.54 Å². The summed E-state index contributed by atoms with van der Waals surface area (Å²) in [5.41, 5.74) is 0. The molecule has 0 saturated heterocycles. The molecule has 1 fully saturated rings. The molecule has 1 aromatic rings. The number of hydrogen-bond donors (Lipinski definition) is 2. The van der Waals surface area contributed by atoms with E-state index in [1.54, 1.807) is 0 Å². The van der Waals surface area contributed by atoms with Gasteiger partial charge in [-0.05, 0) is 38.5 Å². The molecular weight excluding hydrogens is 415 g/mol. The predicted molar refractivity (Wildman–Crippen MR) is 110 cm³/mol. The number of guanidine groups is 1. The van der Waals surface area contributed by atoms with Crippen LogP contribution in [0.15, 0.2) is 4.99 Å². The lowest BCUT2D eigenvalue weighted by Gasteiger charge is -2.17. The van der Waals surface area contributed by atoms with Crippen molar-refractivity contribution in [2.24, 2.45) is 18.0 Å². The average molecular weight is 448 g/mol. The Morgan fingerprint density at radius 1 is 1.29 bits per heavy atom. The monoisotopic (exact) mass is 448 g/mol. The molecule has 1 saturated carbocycles. The van der Waals surface area contributed by atoms with Crippen molar-refractivity contribution in [1.82, 2.24) is 25.4 Å². The summed E-state index contributed by atoms with van der Waals surface area (Å²) in [6, 6.07) is 0.563. The highest BCUT2D eigenvalue weighted by Gasteiger charge is 2.16. The zero-order valence-corrected chi connectivity index (χ0v) is 17.8. The van der Waals surface area contributed by atoms with Gasteiger partial charge < -0.3 is 15.2 Å². The van der Waals surface area contributed by atoms with Crippen molar-refractivity contribution in [1.29, 1.82) is 0 Å². The highest BCUT2D eigenvalue weighted by atomic mass is 127. The molecule has 1 aliphatic rings. The van der Waals surface area contributed by atoms with E-state index in [1.807, 2.05) is 18.5 Å². The van der Waals surface area contributed by atoms with Gasteiger partial charge in [-0.25, -0.2) is 4.99 Å². The van der Waals surface area contributed by atoms with Crippen molar-refractivity contribution < 1.29 is 0 Å². The first-order valence-electron chi connectivity index (χ1n) is 8.96. The lowest BCUT2D eigenvalue weighted by molar-refractivity contribution is 0.544. The fourth-order valence-corrected chi connectivity index (χ4v) is 2.87. The van der Waals surface area contributed by atoms with Gasteiger partial charge in [0.15, 0.2) is 11.8 Å². The summed E-state index contributed by atoms with van der Waals surface area (Å²) >= 11 is 0.